The van der Waals surface area contributed by atoms with Crippen LogP contribution in [-0.4, -0.2) is 20.2 Å². The molecule has 0 aliphatic heterocycles. The molecule has 1 atom stereocenters. The predicted octanol–water partition coefficient (Wildman–Crippen LogP) is 1.40. The highest BCUT2D eigenvalue weighted by atomic mass is 15.2. The van der Waals surface area contributed by atoms with Crippen LogP contribution < -0.4 is 5.73 Å². The van der Waals surface area contributed by atoms with Gasteiger partial charge in [0, 0.05) is 17.1 Å². The Morgan fingerprint density at radius 1 is 1.12 bits per heavy atom. The second kappa shape index (κ2) is 3.95. The fourth-order valence-corrected chi connectivity index (χ4v) is 1.89. The highest BCUT2D eigenvalue weighted by molar-refractivity contribution is 5.82. The molecule has 5 heteroatoms. The van der Waals surface area contributed by atoms with Crippen molar-refractivity contribution in [2.45, 2.75) is 6.04 Å². The maximum Gasteiger partial charge on any atom is 0.145 e. The average molecular weight is 225 g/mol. The van der Waals surface area contributed by atoms with Crippen LogP contribution in [0.4, 0.5) is 0 Å². The van der Waals surface area contributed by atoms with E-state index in [1.807, 2.05) is 30.3 Å². The number of fused-ring (bicyclic) bond motifs is 1. The largest absolute Gasteiger partial charge is 0.318 e. The summed E-state index contributed by atoms with van der Waals surface area (Å²) in [4.78, 5) is 8.45. The smallest absolute Gasteiger partial charge is 0.145 e. The molecular formula is C12H11N5. The van der Waals surface area contributed by atoms with E-state index >= 15 is 0 Å². The molecule has 2 heterocycles. The zero-order chi connectivity index (χ0) is 11.7. The Morgan fingerprint density at radius 2 is 2.00 bits per heavy atom. The van der Waals surface area contributed by atoms with Gasteiger partial charge in [0.25, 0.3) is 0 Å². The van der Waals surface area contributed by atoms with Gasteiger partial charge in [-0.05, 0) is 6.07 Å². The summed E-state index contributed by atoms with van der Waals surface area (Å²) in [6.07, 6.45) is 3.21. The highest BCUT2D eigenvalue weighted by Crippen LogP contribution is 2.23. The topological polar surface area (TPSA) is 80.5 Å². The number of H-pyrrole nitrogens is 1. The van der Waals surface area contributed by atoms with E-state index in [0.29, 0.717) is 5.82 Å². The minimum atomic E-state index is -0.337. The van der Waals surface area contributed by atoms with Crippen molar-refractivity contribution in [2.75, 3.05) is 0 Å². The van der Waals surface area contributed by atoms with Gasteiger partial charge in [-0.1, -0.05) is 24.3 Å². The summed E-state index contributed by atoms with van der Waals surface area (Å²) in [7, 11) is 0. The van der Waals surface area contributed by atoms with Crippen molar-refractivity contribution in [3.05, 3.63) is 54.2 Å². The second-order valence-corrected chi connectivity index (χ2v) is 3.77. The van der Waals surface area contributed by atoms with Crippen molar-refractivity contribution in [3.8, 4) is 0 Å². The van der Waals surface area contributed by atoms with E-state index in [2.05, 4.69) is 20.2 Å². The monoisotopic (exact) mass is 225 g/mol. The molecule has 3 aromatic rings. The number of nitrogens with two attached hydrogens (primary N) is 1. The van der Waals surface area contributed by atoms with Crippen molar-refractivity contribution in [1.82, 2.24) is 20.2 Å². The molecule has 0 saturated heterocycles. The summed E-state index contributed by atoms with van der Waals surface area (Å²) in [5, 5.41) is 7.67. The van der Waals surface area contributed by atoms with Gasteiger partial charge in [-0.25, -0.2) is 4.98 Å². The van der Waals surface area contributed by atoms with Crippen LogP contribution in [0.3, 0.4) is 0 Å². The molecule has 0 amide bonds. The van der Waals surface area contributed by atoms with Gasteiger partial charge in [0.2, 0.25) is 0 Å². The number of benzene rings is 1. The van der Waals surface area contributed by atoms with Crippen molar-refractivity contribution in [2.24, 2.45) is 5.73 Å². The van der Waals surface area contributed by atoms with Gasteiger partial charge in [0.05, 0.1) is 11.6 Å². The number of aromatic amines is 1. The van der Waals surface area contributed by atoms with Gasteiger partial charge in [-0.15, -0.1) is 0 Å². The van der Waals surface area contributed by atoms with Gasteiger partial charge in [-0.2, -0.15) is 5.10 Å². The van der Waals surface area contributed by atoms with Crippen LogP contribution in [0, 0.1) is 0 Å². The Balaban J connectivity index is 2.17. The van der Waals surface area contributed by atoms with E-state index < -0.39 is 0 Å². The molecule has 0 radical (unpaired) electrons. The van der Waals surface area contributed by atoms with Crippen LogP contribution in [0.1, 0.15) is 17.4 Å². The summed E-state index contributed by atoms with van der Waals surface area (Å²) >= 11 is 0. The third-order valence-corrected chi connectivity index (χ3v) is 2.73. The first-order valence-corrected chi connectivity index (χ1v) is 5.31. The van der Waals surface area contributed by atoms with Gasteiger partial charge >= 0.3 is 0 Å². The quantitative estimate of drug-likeness (QED) is 0.690. The zero-order valence-corrected chi connectivity index (χ0v) is 9.04. The van der Waals surface area contributed by atoms with E-state index in [0.717, 1.165) is 16.5 Å². The van der Waals surface area contributed by atoms with Crippen LogP contribution in [0.15, 0.2) is 42.9 Å². The lowest BCUT2D eigenvalue weighted by Gasteiger charge is -2.10. The Hall–Kier alpha value is -2.27. The maximum absolute atomic E-state index is 6.15. The molecule has 0 spiro atoms. The molecule has 3 N–H and O–H groups in total. The summed E-state index contributed by atoms with van der Waals surface area (Å²) in [5.74, 6) is 0.642. The molecule has 1 unspecified atom stereocenters. The number of hydrogen-bond donors (Lipinski definition) is 2. The fourth-order valence-electron chi connectivity index (χ4n) is 1.89. The fraction of sp³-hybridized carbons (Fsp3) is 0.0833. The third kappa shape index (κ3) is 1.66. The van der Waals surface area contributed by atoms with E-state index in [4.69, 9.17) is 5.73 Å². The van der Waals surface area contributed by atoms with Crippen LogP contribution in [0.25, 0.3) is 10.9 Å². The lowest BCUT2D eigenvalue weighted by atomic mass is 10.0. The van der Waals surface area contributed by atoms with E-state index in [9.17, 15) is 0 Å². The number of hydrogen-bond acceptors (Lipinski definition) is 4. The molecule has 17 heavy (non-hydrogen) atoms. The lowest BCUT2D eigenvalue weighted by Crippen LogP contribution is -2.14. The Morgan fingerprint density at radius 3 is 2.82 bits per heavy atom. The average Bonchev–Trinajstić information content (AvgIpc) is 2.91. The van der Waals surface area contributed by atoms with Gasteiger partial charge < -0.3 is 5.73 Å². The minimum absolute atomic E-state index is 0.337. The van der Waals surface area contributed by atoms with Crippen molar-refractivity contribution < 1.29 is 0 Å². The van der Waals surface area contributed by atoms with Crippen LogP contribution >= 0.6 is 0 Å². The molecule has 0 saturated carbocycles. The third-order valence-electron chi connectivity index (χ3n) is 2.73. The van der Waals surface area contributed by atoms with Crippen molar-refractivity contribution >= 4 is 10.9 Å². The van der Waals surface area contributed by atoms with Crippen LogP contribution in [-0.2, 0) is 0 Å². The number of pyridine rings is 1. The summed E-state index contributed by atoms with van der Waals surface area (Å²) in [6.45, 7) is 0. The van der Waals surface area contributed by atoms with Gasteiger partial charge in [0.1, 0.15) is 12.2 Å². The normalized spacial score (nSPS) is 12.8. The van der Waals surface area contributed by atoms with Crippen molar-refractivity contribution in [3.63, 3.8) is 0 Å². The molecule has 1 aromatic carbocycles. The molecule has 3 rings (SSSR count). The molecule has 0 fully saturated rings. The van der Waals surface area contributed by atoms with Crippen LogP contribution in [0.2, 0.25) is 0 Å². The molecule has 2 aromatic heterocycles. The van der Waals surface area contributed by atoms with E-state index in [1.54, 1.807) is 6.20 Å². The number of nitrogens with zero attached hydrogens (tertiary/aromatic N) is 3. The standard InChI is InChI=1S/C12H11N5/c13-10(12-15-7-16-17-12)9-5-1-3-8-4-2-6-14-11(8)9/h1-7,10H,13H2,(H,15,16,17). The lowest BCUT2D eigenvalue weighted by molar-refractivity contribution is 0.791. The molecule has 5 nitrogen and oxygen atoms in total. The zero-order valence-electron chi connectivity index (χ0n) is 9.04. The summed E-state index contributed by atoms with van der Waals surface area (Å²) in [5.41, 5.74) is 8.00. The number of aromatic nitrogens is 4. The van der Waals surface area contributed by atoms with Crippen molar-refractivity contribution in [1.29, 1.82) is 0 Å². The van der Waals surface area contributed by atoms with Gasteiger partial charge in [0.15, 0.2) is 0 Å². The van der Waals surface area contributed by atoms with Gasteiger partial charge in [-0.3, -0.25) is 10.1 Å². The number of nitrogens with one attached hydrogen (secondary N) is 1. The summed E-state index contributed by atoms with van der Waals surface area (Å²) in [6, 6.07) is 9.53. The first-order chi connectivity index (χ1) is 8.36. The Bertz CT molecular complexity index is 627. The highest BCUT2D eigenvalue weighted by Gasteiger charge is 2.14. The summed E-state index contributed by atoms with van der Waals surface area (Å²) < 4.78 is 0. The Kier molecular flexibility index (Phi) is 2.31. The van der Waals surface area contributed by atoms with E-state index in [1.165, 1.54) is 6.33 Å². The van der Waals surface area contributed by atoms with Crippen LogP contribution in [0.5, 0.6) is 0 Å². The Labute approximate surface area is 97.7 Å². The first kappa shape index (κ1) is 9.92. The molecule has 0 aliphatic rings. The second-order valence-electron chi connectivity index (χ2n) is 3.77. The molecule has 0 bridgehead atoms. The SMILES string of the molecule is NC(c1ncn[nH]1)c1cccc2cccnc12. The number of para-hydroxylation sites is 1. The molecular weight excluding hydrogens is 214 g/mol. The predicted molar refractivity (Wildman–Crippen MR) is 64.2 cm³/mol. The van der Waals surface area contributed by atoms with E-state index in [-0.39, 0.29) is 6.04 Å². The minimum Gasteiger partial charge on any atom is -0.318 e. The molecule has 0 aliphatic carbocycles. The number of rotatable bonds is 2. The molecule has 84 valence electrons. The maximum atomic E-state index is 6.15. The first-order valence-electron chi connectivity index (χ1n) is 5.31.